The number of nitrogens with zero attached hydrogens (tertiary/aromatic N) is 2. The van der Waals surface area contributed by atoms with E-state index in [-0.39, 0.29) is 19.0 Å². The summed E-state index contributed by atoms with van der Waals surface area (Å²) in [4.78, 5) is 24.1. The molecule has 1 heterocycles. The molecule has 2 aromatic rings. The highest BCUT2D eigenvalue weighted by atomic mass is 16.6. The largest absolute Gasteiger partial charge is 0.482 e. The Morgan fingerprint density at radius 1 is 1.15 bits per heavy atom. The first-order valence-electron chi connectivity index (χ1n) is 8.44. The third kappa shape index (κ3) is 4.73. The Morgan fingerprint density at radius 3 is 2.46 bits per heavy atom. The van der Waals surface area contributed by atoms with Crippen molar-refractivity contribution >= 4 is 11.8 Å². The van der Waals surface area contributed by atoms with Crippen LogP contribution in [-0.2, 0) is 16.1 Å². The molecule has 0 unspecified atom stereocenters. The number of carbonyl (C=O) groups excluding carboxylic acids is 2. The summed E-state index contributed by atoms with van der Waals surface area (Å²) in [5.74, 6) is -0.396. The number of aromatic nitrogens is 1. The molecule has 1 aromatic carbocycles. The minimum Gasteiger partial charge on any atom is -0.482 e. The lowest BCUT2D eigenvalue weighted by molar-refractivity contribution is -0.144. The number of hydrogen-bond acceptors (Lipinski definition) is 5. The molecule has 0 aliphatic carbocycles. The predicted molar refractivity (Wildman–Crippen MR) is 96.1 cm³/mol. The number of nitriles is 1. The van der Waals surface area contributed by atoms with Gasteiger partial charge in [0.2, 0.25) is 5.78 Å². The number of aryl methyl sites for hydroxylation is 1. The Balaban J connectivity index is 1.86. The topological polar surface area (TPSA) is 81.3 Å². The molecular weight excluding hydrogens is 332 g/mol. The third-order valence-electron chi connectivity index (χ3n) is 4.03. The summed E-state index contributed by atoms with van der Waals surface area (Å²) in [7, 11) is 0. The van der Waals surface area contributed by atoms with Crippen LogP contribution in [0.3, 0.4) is 0 Å². The smallest absolute Gasteiger partial charge is 0.344 e. The molecule has 6 nitrogen and oxygen atoms in total. The molecule has 0 bridgehead atoms. The highest BCUT2D eigenvalue weighted by Gasteiger charge is 2.17. The van der Waals surface area contributed by atoms with Crippen LogP contribution in [0.4, 0.5) is 0 Å². The van der Waals surface area contributed by atoms with Gasteiger partial charge in [-0.1, -0.05) is 6.92 Å². The molecule has 0 atom stereocenters. The van der Waals surface area contributed by atoms with Crippen LogP contribution >= 0.6 is 0 Å². The maximum Gasteiger partial charge on any atom is 0.344 e. The molecule has 136 valence electrons. The maximum absolute atomic E-state index is 12.3. The summed E-state index contributed by atoms with van der Waals surface area (Å²) < 4.78 is 12.4. The van der Waals surface area contributed by atoms with Gasteiger partial charge < -0.3 is 14.0 Å². The first kappa shape index (κ1) is 19.3. The van der Waals surface area contributed by atoms with E-state index in [1.807, 2.05) is 26.0 Å². The molecular formula is C20H22N2O4. The number of carbonyl (C=O) groups is 2. The van der Waals surface area contributed by atoms with Crippen molar-refractivity contribution in [1.29, 1.82) is 5.26 Å². The summed E-state index contributed by atoms with van der Waals surface area (Å²) in [5, 5.41) is 8.73. The van der Waals surface area contributed by atoms with Gasteiger partial charge in [0, 0.05) is 23.5 Å². The summed E-state index contributed by atoms with van der Waals surface area (Å²) in [6, 6.07) is 10.2. The van der Waals surface area contributed by atoms with Crippen LogP contribution in [-0.4, -0.2) is 29.5 Å². The van der Waals surface area contributed by atoms with Crippen LogP contribution in [0, 0.1) is 25.2 Å². The van der Waals surface area contributed by atoms with Crippen LogP contribution in [0.1, 0.15) is 40.7 Å². The van der Waals surface area contributed by atoms with E-state index in [4.69, 9.17) is 14.7 Å². The molecule has 0 N–H and O–H groups in total. The Kier molecular flexibility index (Phi) is 6.56. The summed E-state index contributed by atoms with van der Waals surface area (Å²) >= 11 is 0. The SMILES string of the molecule is CCCn1c(C)cc(C(=O)COC(=O)COc2ccc(C#N)cc2)c1C. The molecule has 0 saturated carbocycles. The van der Waals surface area contributed by atoms with Crippen LogP contribution in [0.2, 0.25) is 0 Å². The van der Waals surface area contributed by atoms with Gasteiger partial charge in [-0.05, 0) is 50.6 Å². The second kappa shape index (κ2) is 8.86. The normalized spacial score (nSPS) is 10.2. The molecule has 26 heavy (non-hydrogen) atoms. The minimum atomic E-state index is -0.620. The predicted octanol–water partition coefficient (Wildman–Crippen LogP) is 3.19. The Hall–Kier alpha value is -3.07. The molecule has 0 spiro atoms. The van der Waals surface area contributed by atoms with Gasteiger partial charge in [0.15, 0.2) is 13.2 Å². The van der Waals surface area contributed by atoms with Gasteiger partial charge in [-0.2, -0.15) is 5.26 Å². The van der Waals surface area contributed by atoms with Gasteiger partial charge in [-0.15, -0.1) is 0 Å². The van der Waals surface area contributed by atoms with Gasteiger partial charge in [0.05, 0.1) is 11.6 Å². The van der Waals surface area contributed by atoms with Gasteiger partial charge in [-0.25, -0.2) is 4.79 Å². The lowest BCUT2D eigenvalue weighted by Crippen LogP contribution is -2.19. The lowest BCUT2D eigenvalue weighted by Gasteiger charge is -2.08. The Morgan fingerprint density at radius 2 is 1.85 bits per heavy atom. The fourth-order valence-electron chi connectivity index (χ4n) is 2.68. The highest BCUT2D eigenvalue weighted by Crippen LogP contribution is 2.16. The van der Waals surface area contributed by atoms with Crippen molar-refractivity contribution < 1.29 is 19.1 Å². The standard InChI is InChI=1S/C20H22N2O4/c1-4-9-22-14(2)10-18(15(22)3)19(23)12-26-20(24)13-25-17-7-5-16(11-21)6-8-17/h5-8,10H,4,9,12-13H2,1-3H3. The van der Waals surface area contributed by atoms with E-state index in [0.717, 1.165) is 24.4 Å². The molecule has 1 aromatic heterocycles. The van der Waals surface area contributed by atoms with Crippen LogP contribution < -0.4 is 4.74 Å². The van der Waals surface area contributed by atoms with Crippen molar-refractivity contribution in [2.75, 3.05) is 13.2 Å². The van der Waals surface area contributed by atoms with Crippen molar-refractivity contribution in [3.63, 3.8) is 0 Å². The van der Waals surface area contributed by atoms with Crippen molar-refractivity contribution in [1.82, 2.24) is 4.57 Å². The first-order chi connectivity index (χ1) is 12.5. The number of hydrogen-bond donors (Lipinski definition) is 0. The third-order valence-corrected chi connectivity index (χ3v) is 4.03. The van der Waals surface area contributed by atoms with E-state index in [1.54, 1.807) is 24.3 Å². The molecule has 0 fully saturated rings. The summed E-state index contributed by atoms with van der Waals surface area (Å²) in [5.41, 5.74) is 2.99. The molecule has 0 amide bonds. The summed E-state index contributed by atoms with van der Waals surface area (Å²) in [6.45, 7) is 6.17. The molecule has 6 heteroatoms. The Labute approximate surface area is 152 Å². The fourth-order valence-corrected chi connectivity index (χ4v) is 2.68. The second-order valence-electron chi connectivity index (χ2n) is 5.95. The monoisotopic (exact) mass is 354 g/mol. The first-order valence-corrected chi connectivity index (χ1v) is 8.44. The van der Waals surface area contributed by atoms with E-state index in [0.29, 0.717) is 16.9 Å². The van der Waals surface area contributed by atoms with Crippen molar-refractivity contribution in [2.45, 2.75) is 33.7 Å². The van der Waals surface area contributed by atoms with Gasteiger partial charge in [-0.3, -0.25) is 4.79 Å². The van der Waals surface area contributed by atoms with Crippen molar-refractivity contribution in [2.24, 2.45) is 0 Å². The highest BCUT2D eigenvalue weighted by molar-refractivity contribution is 5.99. The second-order valence-corrected chi connectivity index (χ2v) is 5.95. The number of benzene rings is 1. The Bertz CT molecular complexity index is 829. The zero-order valence-electron chi connectivity index (χ0n) is 15.2. The lowest BCUT2D eigenvalue weighted by atomic mass is 10.1. The molecule has 0 radical (unpaired) electrons. The van der Waals surface area contributed by atoms with Crippen molar-refractivity contribution in [3.05, 3.63) is 52.8 Å². The average molecular weight is 354 g/mol. The number of rotatable bonds is 8. The van der Waals surface area contributed by atoms with Gasteiger partial charge in [0.1, 0.15) is 5.75 Å². The number of Topliss-reactive ketones (excluding diaryl/α,β-unsaturated/α-hetero) is 1. The van der Waals surface area contributed by atoms with E-state index in [9.17, 15) is 9.59 Å². The van der Waals surface area contributed by atoms with Crippen molar-refractivity contribution in [3.8, 4) is 11.8 Å². The van der Waals surface area contributed by atoms with E-state index >= 15 is 0 Å². The molecule has 0 saturated heterocycles. The van der Waals surface area contributed by atoms with Crippen LogP contribution in [0.25, 0.3) is 0 Å². The minimum absolute atomic E-state index is 0.229. The van der Waals surface area contributed by atoms with Crippen LogP contribution in [0.15, 0.2) is 30.3 Å². The van der Waals surface area contributed by atoms with E-state index in [1.165, 1.54) is 0 Å². The molecule has 0 aliphatic rings. The fraction of sp³-hybridized carbons (Fsp3) is 0.350. The van der Waals surface area contributed by atoms with E-state index in [2.05, 4.69) is 11.5 Å². The van der Waals surface area contributed by atoms with Crippen LogP contribution in [0.5, 0.6) is 5.75 Å². The zero-order valence-corrected chi connectivity index (χ0v) is 15.2. The van der Waals surface area contributed by atoms with E-state index < -0.39 is 5.97 Å². The molecule has 2 rings (SSSR count). The number of ether oxygens (including phenoxy) is 2. The quantitative estimate of drug-likeness (QED) is 0.537. The summed E-state index contributed by atoms with van der Waals surface area (Å²) in [6.07, 6.45) is 0.978. The molecule has 0 aliphatic heterocycles. The van der Waals surface area contributed by atoms with Gasteiger partial charge in [0.25, 0.3) is 0 Å². The number of esters is 1. The zero-order chi connectivity index (χ0) is 19.1. The maximum atomic E-state index is 12.3. The average Bonchev–Trinajstić information content (AvgIpc) is 2.93. The van der Waals surface area contributed by atoms with Gasteiger partial charge >= 0.3 is 5.97 Å². The number of ketones is 1.